The number of carbonyl (C=O) groups is 1. The van der Waals surface area contributed by atoms with E-state index >= 15 is 0 Å². The molecule has 1 aliphatic heterocycles. The Kier molecular flexibility index (Phi) is 5.49. The molecule has 0 aliphatic carbocycles. The third-order valence-electron chi connectivity index (χ3n) is 3.60. The molecular formula is C14H25IO4Si. The summed E-state index contributed by atoms with van der Waals surface area (Å²) >= 11 is 2.14. The Morgan fingerprint density at radius 3 is 2.15 bits per heavy atom. The second-order valence-electron chi connectivity index (χ2n) is 7.18. The lowest BCUT2D eigenvalue weighted by Gasteiger charge is -2.54. The van der Waals surface area contributed by atoms with Crippen LogP contribution in [-0.2, 0) is 18.4 Å². The fourth-order valence-electron chi connectivity index (χ4n) is 2.93. The number of carbonyl (C=O) groups excluding carboxylic acids is 1. The first kappa shape index (κ1) is 18.1. The standard InChI is InChI=1S/C14H25IO4Si/c1-10(15)12-11(17-9-16)8-18-20(19-12,13(2,3)4)14(5,6)7/h9,11-12H,1,8H2,2-7H3/t11?,12-/m0/s1. The van der Waals surface area contributed by atoms with E-state index in [2.05, 4.69) is 70.7 Å². The summed E-state index contributed by atoms with van der Waals surface area (Å²) in [6, 6.07) is 0. The molecule has 2 atom stereocenters. The van der Waals surface area contributed by atoms with Crippen LogP contribution in [0, 0.1) is 0 Å². The highest BCUT2D eigenvalue weighted by atomic mass is 127. The first-order valence-electron chi connectivity index (χ1n) is 6.71. The minimum atomic E-state index is -2.54. The second kappa shape index (κ2) is 6.06. The van der Waals surface area contributed by atoms with Gasteiger partial charge >= 0.3 is 8.56 Å². The number of hydrogen-bond donors (Lipinski definition) is 0. The van der Waals surface area contributed by atoms with Crippen LogP contribution in [0.5, 0.6) is 0 Å². The number of halogens is 1. The van der Waals surface area contributed by atoms with Crippen LogP contribution in [0.15, 0.2) is 10.2 Å². The van der Waals surface area contributed by atoms with Gasteiger partial charge in [-0.2, -0.15) is 0 Å². The van der Waals surface area contributed by atoms with Crippen molar-refractivity contribution in [3.05, 3.63) is 10.2 Å². The lowest BCUT2D eigenvalue weighted by atomic mass is 10.2. The monoisotopic (exact) mass is 412 g/mol. The van der Waals surface area contributed by atoms with Gasteiger partial charge in [-0.25, -0.2) is 0 Å². The van der Waals surface area contributed by atoms with Crippen molar-refractivity contribution in [3.8, 4) is 0 Å². The van der Waals surface area contributed by atoms with Gasteiger partial charge in [-0.1, -0.05) is 48.1 Å². The largest absolute Gasteiger partial charge is 0.459 e. The zero-order valence-corrected chi connectivity index (χ0v) is 16.3. The van der Waals surface area contributed by atoms with Crippen LogP contribution in [0.2, 0.25) is 10.1 Å². The molecule has 1 fully saturated rings. The molecule has 1 rings (SSSR count). The van der Waals surface area contributed by atoms with Gasteiger partial charge in [0.05, 0.1) is 6.61 Å². The third-order valence-corrected chi connectivity index (χ3v) is 9.32. The molecule has 1 unspecified atom stereocenters. The topological polar surface area (TPSA) is 44.8 Å². The predicted molar refractivity (Wildman–Crippen MR) is 90.1 cm³/mol. The van der Waals surface area contributed by atoms with E-state index in [-0.39, 0.29) is 16.2 Å². The Morgan fingerprint density at radius 1 is 1.30 bits per heavy atom. The van der Waals surface area contributed by atoms with Gasteiger partial charge in [0.25, 0.3) is 6.47 Å². The van der Waals surface area contributed by atoms with Crippen molar-refractivity contribution in [3.63, 3.8) is 0 Å². The minimum Gasteiger partial charge on any atom is -0.459 e. The van der Waals surface area contributed by atoms with Crippen molar-refractivity contribution in [2.75, 3.05) is 6.61 Å². The lowest BCUT2D eigenvalue weighted by Crippen LogP contribution is -2.65. The zero-order chi connectivity index (χ0) is 15.8. The summed E-state index contributed by atoms with van der Waals surface area (Å²) in [7, 11) is -2.54. The molecular weight excluding hydrogens is 387 g/mol. The Balaban J connectivity index is 3.19. The highest BCUT2D eigenvalue weighted by Crippen LogP contribution is 2.54. The number of ether oxygens (including phenoxy) is 1. The molecule has 0 aromatic heterocycles. The molecule has 0 radical (unpaired) electrons. The number of hydrogen-bond acceptors (Lipinski definition) is 4. The van der Waals surface area contributed by atoms with Crippen molar-refractivity contribution < 1.29 is 18.4 Å². The third kappa shape index (κ3) is 3.28. The first-order valence-corrected chi connectivity index (χ1v) is 9.61. The Morgan fingerprint density at radius 2 is 1.80 bits per heavy atom. The molecule has 1 aliphatic rings. The highest BCUT2D eigenvalue weighted by molar-refractivity contribution is 14.1. The molecule has 0 spiro atoms. The van der Waals surface area contributed by atoms with E-state index in [9.17, 15) is 4.79 Å². The van der Waals surface area contributed by atoms with Crippen LogP contribution in [0.4, 0.5) is 0 Å². The minimum absolute atomic E-state index is 0.0955. The normalized spacial score (nSPS) is 26.9. The van der Waals surface area contributed by atoms with Crippen LogP contribution in [-0.4, -0.2) is 33.8 Å². The van der Waals surface area contributed by atoms with Gasteiger partial charge in [0, 0.05) is 13.7 Å². The molecule has 1 heterocycles. The summed E-state index contributed by atoms with van der Waals surface area (Å²) in [5, 5.41) is -0.191. The smallest absolute Gasteiger partial charge is 0.350 e. The molecule has 0 N–H and O–H groups in total. The summed E-state index contributed by atoms with van der Waals surface area (Å²) < 4.78 is 18.6. The summed E-state index contributed by atoms with van der Waals surface area (Å²) in [5.74, 6) is 0. The van der Waals surface area contributed by atoms with Gasteiger partial charge in [0.1, 0.15) is 6.10 Å². The Hall–Kier alpha value is 0.0769. The van der Waals surface area contributed by atoms with Gasteiger partial charge in [-0.05, 0) is 22.6 Å². The van der Waals surface area contributed by atoms with Gasteiger partial charge in [-0.15, -0.1) is 0 Å². The highest BCUT2D eigenvalue weighted by Gasteiger charge is 2.62. The van der Waals surface area contributed by atoms with Crippen LogP contribution in [0.1, 0.15) is 41.5 Å². The predicted octanol–water partition coefficient (Wildman–Crippen LogP) is 3.93. The first-order chi connectivity index (χ1) is 8.96. The maximum Gasteiger partial charge on any atom is 0.350 e. The molecule has 0 bridgehead atoms. The average molecular weight is 412 g/mol. The van der Waals surface area contributed by atoms with Gasteiger partial charge in [-0.3, -0.25) is 4.79 Å². The van der Waals surface area contributed by atoms with Gasteiger partial charge in [0.15, 0.2) is 6.10 Å². The lowest BCUT2D eigenvalue weighted by molar-refractivity contribution is -0.145. The molecule has 20 heavy (non-hydrogen) atoms. The Bertz CT molecular complexity index is 370. The summed E-state index contributed by atoms with van der Waals surface area (Å²) in [6.07, 6.45) is -0.720. The SMILES string of the molecule is C=C(I)[C@@H]1O[Si](C(C)(C)C)(C(C)(C)C)OCC1OC=O. The fourth-order valence-corrected chi connectivity index (χ4v) is 8.64. The molecule has 6 heteroatoms. The summed E-state index contributed by atoms with van der Waals surface area (Å²) in [4.78, 5) is 10.6. The van der Waals surface area contributed by atoms with E-state index < -0.39 is 14.7 Å². The van der Waals surface area contributed by atoms with Crippen LogP contribution >= 0.6 is 22.6 Å². The van der Waals surface area contributed by atoms with E-state index in [1.807, 2.05) is 0 Å². The number of rotatable bonds is 3. The van der Waals surface area contributed by atoms with Crippen molar-refractivity contribution in [1.29, 1.82) is 0 Å². The van der Waals surface area contributed by atoms with E-state index in [0.29, 0.717) is 13.1 Å². The van der Waals surface area contributed by atoms with Crippen LogP contribution in [0.25, 0.3) is 0 Å². The Labute approximate surface area is 136 Å². The molecule has 0 saturated carbocycles. The van der Waals surface area contributed by atoms with Gasteiger partial charge in [0.2, 0.25) is 0 Å². The van der Waals surface area contributed by atoms with Crippen LogP contribution in [0.3, 0.4) is 0 Å². The maximum atomic E-state index is 10.6. The van der Waals surface area contributed by atoms with E-state index in [1.165, 1.54) is 0 Å². The second-order valence-corrected chi connectivity index (χ2v) is 13.3. The van der Waals surface area contributed by atoms with Crippen molar-refractivity contribution >= 4 is 37.6 Å². The molecule has 1 saturated heterocycles. The summed E-state index contributed by atoms with van der Waals surface area (Å²) in [6.45, 7) is 17.7. The molecule has 116 valence electrons. The average Bonchev–Trinajstić information content (AvgIpc) is 2.26. The quantitative estimate of drug-likeness (QED) is 0.400. The fraction of sp³-hybridized carbons (Fsp3) is 0.786. The molecule has 0 aromatic carbocycles. The van der Waals surface area contributed by atoms with E-state index in [4.69, 9.17) is 13.6 Å². The molecule has 0 aromatic rings. The van der Waals surface area contributed by atoms with E-state index in [0.717, 1.165) is 3.58 Å². The zero-order valence-electron chi connectivity index (χ0n) is 13.2. The molecule has 0 amide bonds. The van der Waals surface area contributed by atoms with Crippen molar-refractivity contribution in [2.45, 2.75) is 63.8 Å². The van der Waals surface area contributed by atoms with Gasteiger partial charge < -0.3 is 13.6 Å². The van der Waals surface area contributed by atoms with Crippen molar-refractivity contribution in [2.24, 2.45) is 0 Å². The summed E-state index contributed by atoms with van der Waals surface area (Å²) in [5.41, 5.74) is 0. The maximum absolute atomic E-state index is 10.6. The van der Waals surface area contributed by atoms with E-state index in [1.54, 1.807) is 0 Å². The molecule has 4 nitrogen and oxygen atoms in total. The van der Waals surface area contributed by atoms with Crippen molar-refractivity contribution in [1.82, 2.24) is 0 Å². The van der Waals surface area contributed by atoms with Crippen LogP contribution < -0.4 is 0 Å².